The first-order valence-corrected chi connectivity index (χ1v) is 7.67. The number of hydrogen-bond acceptors (Lipinski definition) is 6. The molecule has 0 bridgehead atoms. The molecule has 0 saturated heterocycles. The second-order valence-corrected chi connectivity index (χ2v) is 5.38. The van der Waals surface area contributed by atoms with Gasteiger partial charge in [0.15, 0.2) is 17.1 Å². The number of hydrogen-bond donors (Lipinski definition) is 1. The predicted octanol–water partition coefficient (Wildman–Crippen LogP) is 2.81. The van der Waals surface area contributed by atoms with Crippen molar-refractivity contribution in [2.45, 2.75) is 12.6 Å². The third-order valence-corrected chi connectivity index (χ3v) is 3.68. The van der Waals surface area contributed by atoms with E-state index in [1.807, 2.05) is 12.1 Å². The van der Waals surface area contributed by atoms with Crippen molar-refractivity contribution >= 4 is 11.5 Å². The summed E-state index contributed by atoms with van der Waals surface area (Å²) >= 11 is 0. The topological polar surface area (TPSA) is 73.6 Å². The summed E-state index contributed by atoms with van der Waals surface area (Å²) in [5.74, 6) is 0.381. The number of alkyl halides is 3. The number of fused-ring (bicyclic) bond motifs is 1. The molecule has 138 valence electrons. The van der Waals surface area contributed by atoms with Crippen LogP contribution in [-0.2, 0) is 12.6 Å². The van der Waals surface area contributed by atoms with Gasteiger partial charge in [0.25, 0.3) is 5.82 Å². The number of ether oxygens (including phenoxy) is 2. The first-order chi connectivity index (χ1) is 12.4. The van der Waals surface area contributed by atoms with Crippen LogP contribution in [0.4, 0.5) is 19.0 Å². The number of anilines is 1. The Morgan fingerprint density at radius 2 is 1.81 bits per heavy atom. The minimum atomic E-state index is -4.62. The second-order valence-electron chi connectivity index (χ2n) is 5.38. The molecular weight excluding hydrogens is 351 g/mol. The van der Waals surface area contributed by atoms with Gasteiger partial charge in [-0.25, -0.2) is 0 Å². The van der Waals surface area contributed by atoms with Crippen LogP contribution in [0, 0.1) is 0 Å². The van der Waals surface area contributed by atoms with Gasteiger partial charge in [-0.05, 0) is 36.2 Å². The van der Waals surface area contributed by atoms with Crippen molar-refractivity contribution in [1.82, 2.24) is 19.8 Å². The zero-order valence-corrected chi connectivity index (χ0v) is 14.0. The number of methoxy groups -OCH3 is 2. The molecule has 3 aromatic rings. The summed E-state index contributed by atoms with van der Waals surface area (Å²) in [4.78, 5) is 0. The Morgan fingerprint density at radius 3 is 2.50 bits per heavy atom. The third kappa shape index (κ3) is 3.63. The normalized spacial score (nSPS) is 11.6. The van der Waals surface area contributed by atoms with Crippen molar-refractivity contribution in [3.63, 3.8) is 0 Å². The van der Waals surface area contributed by atoms with Crippen LogP contribution in [0.25, 0.3) is 5.65 Å². The van der Waals surface area contributed by atoms with Gasteiger partial charge in [0.1, 0.15) is 5.82 Å². The van der Waals surface area contributed by atoms with E-state index in [-0.39, 0.29) is 5.65 Å². The monoisotopic (exact) mass is 367 g/mol. The first kappa shape index (κ1) is 17.8. The highest BCUT2D eigenvalue weighted by Crippen LogP contribution is 2.28. The summed E-state index contributed by atoms with van der Waals surface area (Å²) in [5.41, 5.74) is 1.01. The fourth-order valence-corrected chi connectivity index (χ4v) is 2.43. The SMILES string of the molecule is COc1ccc(CCNc2ccc3nnc(C(F)(F)F)n3n2)cc1OC. The standard InChI is InChI=1S/C16H16F3N5O2/c1-25-11-4-3-10(9-12(11)26-2)7-8-20-13-5-6-14-21-22-15(16(17,18)19)24(14)23-13/h3-6,9H,7-8H2,1-2H3,(H,20,23). The summed E-state index contributed by atoms with van der Waals surface area (Å²) in [7, 11) is 3.11. The number of aromatic nitrogens is 4. The van der Waals surface area contributed by atoms with Gasteiger partial charge >= 0.3 is 6.18 Å². The maximum absolute atomic E-state index is 12.9. The Bertz CT molecular complexity index is 911. The molecule has 26 heavy (non-hydrogen) atoms. The second kappa shape index (κ2) is 7.06. The van der Waals surface area contributed by atoms with E-state index in [1.54, 1.807) is 26.4 Å². The zero-order valence-electron chi connectivity index (χ0n) is 14.0. The van der Waals surface area contributed by atoms with Crippen molar-refractivity contribution in [2.75, 3.05) is 26.1 Å². The van der Waals surface area contributed by atoms with E-state index in [2.05, 4.69) is 20.6 Å². The summed E-state index contributed by atoms with van der Waals surface area (Å²) in [6.45, 7) is 0.470. The summed E-state index contributed by atoms with van der Waals surface area (Å²) in [5, 5.41) is 13.5. The van der Waals surface area contributed by atoms with Gasteiger partial charge in [-0.3, -0.25) is 0 Å². The lowest BCUT2D eigenvalue weighted by atomic mass is 10.1. The fourth-order valence-electron chi connectivity index (χ4n) is 2.43. The van der Waals surface area contributed by atoms with E-state index in [1.165, 1.54) is 6.07 Å². The Kier molecular flexibility index (Phi) is 4.83. The lowest BCUT2D eigenvalue weighted by molar-refractivity contribution is -0.146. The Morgan fingerprint density at radius 1 is 1.04 bits per heavy atom. The molecule has 0 atom stereocenters. The number of benzene rings is 1. The highest BCUT2D eigenvalue weighted by Gasteiger charge is 2.37. The molecule has 0 fully saturated rings. The smallest absolute Gasteiger partial charge is 0.453 e. The van der Waals surface area contributed by atoms with E-state index in [9.17, 15) is 13.2 Å². The van der Waals surface area contributed by atoms with Crippen molar-refractivity contribution in [1.29, 1.82) is 0 Å². The number of halogens is 3. The van der Waals surface area contributed by atoms with Crippen LogP contribution in [-0.4, -0.2) is 40.6 Å². The first-order valence-electron chi connectivity index (χ1n) is 7.67. The van der Waals surface area contributed by atoms with Crippen LogP contribution in [0.1, 0.15) is 11.4 Å². The van der Waals surface area contributed by atoms with Crippen LogP contribution in [0.2, 0.25) is 0 Å². The van der Waals surface area contributed by atoms with Crippen LogP contribution in [0.5, 0.6) is 11.5 Å². The maximum atomic E-state index is 12.9. The van der Waals surface area contributed by atoms with Crippen molar-refractivity contribution in [3.05, 3.63) is 41.7 Å². The van der Waals surface area contributed by atoms with Crippen LogP contribution in [0.3, 0.4) is 0 Å². The summed E-state index contributed by atoms with van der Waals surface area (Å²) in [6.07, 6.45) is -4.00. The highest BCUT2D eigenvalue weighted by molar-refractivity contribution is 5.45. The molecule has 0 saturated carbocycles. The van der Waals surface area contributed by atoms with E-state index < -0.39 is 12.0 Å². The molecule has 0 aliphatic heterocycles. The van der Waals surface area contributed by atoms with Crippen molar-refractivity contribution in [3.8, 4) is 11.5 Å². The van der Waals surface area contributed by atoms with Gasteiger partial charge in [-0.2, -0.15) is 17.7 Å². The minimum Gasteiger partial charge on any atom is -0.493 e. The maximum Gasteiger partial charge on any atom is 0.453 e. The molecule has 7 nitrogen and oxygen atoms in total. The third-order valence-electron chi connectivity index (χ3n) is 3.68. The molecule has 2 aromatic heterocycles. The molecule has 0 unspecified atom stereocenters. The van der Waals surface area contributed by atoms with E-state index in [4.69, 9.17) is 9.47 Å². The largest absolute Gasteiger partial charge is 0.493 e. The van der Waals surface area contributed by atoms with Gasteiger partial charge in [0.05, 0.1) is 14.2 Å². The molecule has 1 N–H and O–H groups in total. The van der Waals surface area contributed by atoms with Gasteiger partial charge in [0.2, 0.25) is 0 Å². The van der Waals surface area contributed by atoms with E-state index >= 15 is 0 Å². The molecule has 0 radical (unpaired) electrons. The average Bonchev–Trinajstić information content (AvgIpc) is 3.05. The minimum absolute atomic E-state index is 0.0303. The summed E-state index contributed by atoms with van der Waals surface area (Å²) in [6, 6.07) is 8.51. The Labute approximate surface area is 146 Å². The van der Waals surface area contributed by atoms with Crippen molar-refractivity contribution in [2.24, 2.45) is 0 Å². The lowest BCUT2D eigenvalue weighted by Crippen LogP contribution is -2.14. The fraction of sp³-hybridized carbons (Fsp3) is 0.312. The molecule has 0 amide bonds. The predicted molar refractivity (Wildman–Crippen MR) is 87.5 cm³/mol. The lowest BCUT2D eigenvalue weighted by Gasteiger charge is -2.10. The van der Waals surface area contributed by atoms with Crippen LogP contribution < -0.4 is 14.8 Å². The molecule has 3 rings (SSSR count). The van der Waals surface area contributed by atoms with Gasteiger partial charge < -0.3 is 14.8 Å². The quantitative estimate of drug-likeness (QED) is 0.722. The van der Waals surface area contributed by atoms with Gasteiger partial charge in [0, 0.05) is 6.54 Å². The molecule has 1 aromatic carbocycles. The number of rotatable bonds is 6. The molecule has 10 heteroatoms. The average molecular weight is 367 g/mol. The van der Waals surface area contributed by atoms with Crippen molar-refractivity contribution < 1.29 is 22.6 Å². The number of nitrogens with zero attached hydrogens (tertiary/aromatic N) is 4. The molecular formula is C16H16F3N5O2. The highest BCUT2D eigenvalue weighted by atomic mass is 19.4. The van der Waals surface area contributed by atoms with Crippen LogP contribution >= 0.6 is 0 Å². The van der Waals surface area contributed by atoms with E-state index in [0.29, 0.717) is 34.8 Å². The van der Waals surface area contributed by atoms with Crippen LogP contribution in [0.15, 0.2) is 30.3 Å². The van der Waals surface area contributed by atoms with Gasteiger partial charge in [-0.15, -0.1) is 15.3 Å². The molecule has 0 spiro atoms. The molecule has 0 aliphatic rings. The number of nitrogens with one attached hydrogen (secondary N) is 1. The zero-order chi connectivity index (χ0) is 18.7. The molecule has 0 aliphatic carbocycles. The summed E-state index contributed by atoms with van der Waals surface area (Å²) < 4.78 is 49.8. The van der Waals surface area contributed by atoms with Gasteiger partial charge in [-0.1, -0.05) is 6.07 Å². The Balaban J connectivity index is 1.70. The molecule has 2 heterocycles. The van der Waals surface area contributed by atoms with E-state index in [0.717, 1.165) is 5.56 Å². The Hall–Kier alpha value is -3.04.